The Balaban J connectivity index is 1.41. The van der Waals surface area contributed by atoms with E-state index < -0.39 is 18.9 Å². The number of carboxylic acids is 1. The Labute approximate surface area is 221 Å². The van der Waals surface area contributed by atoms with Crippen LogP contribution in [-0.2, 0) is 17.8 Å². The second-order valence-corrected chi connectivity index (χ2v) is 8.66. The Morgan fingerprint density at radius 1 is 1.05 bits per heavy atom. The minimum absolute atomic E-state index is 0.175. The van der Waals surface area contributed by atoms with Crippen LogP contribution in [0.5, 0.6) is 11.5 Å². The number of rotatable bonds is 12. The first kappa shape index (κ1) is 26.7. The minimum atomic E-state index is -1.45. The number of carboxylic acid groups (broad SMARTS) is 1. The van der Waals surface area contributed by atoms with Crippen LogP contribution in [0.4, 0.5) is 0 Å². The van der Waals surface area contributed by atoms with Gasteiger partial charge in [0.25, 0.3) is 6.41 Å². The van der Waals surface area contributed by atoms with E-state index in [-0.39, 0.29) is 6.54 Å². The van der Waals surface area contributed by atoms with Crippen molar-refractivity contribution >= 4 is 12.0 Å². The zero-order valence-electron chi connectivity index (χ0n) is 21.3. The fraction of sp³-hybridized carbons (Fsp3) is 0.200. The first-order valence-corrected chi connectivity index (χ1v) is 12.1. The highest BCUT2D eigenvalue weighted by molar-refractivity contribution is 5.69. The van der Waals surface area contributed by atoms with Crippen molar-refractivity contribution in [1.29, 1.82) is 0 Å². The molecule has 0 saturated heterocycles. The normalized spacial score (nSPS) is 12.1. The van der Waals surface area contributed by atoms with Crippen LogP contribution in [-0.4, -0.2) is 46.1 Å². The van der Waals surface area contributed by atoms with Crippen LogP contribution in [0.1, 0.15) is 22.6 Å². The van der Waals surface area contributed by atoms with Gasteiger partial charge in [0.05, 0.1) is 12.8 Å². The molecule has 4 rings (SSSR count). The van der Waals surface area contributed by atoms with E-state index >= 15 is 0 Å². The van der Waals surface area contributed by atoms with E-state index in [1.54, 1.807) is 31.4 Å². The molecule has 0 radical (unpaired) electrons. The van der Waals surface area contributed by atoms with Crippen molar-refractivity contribution in [2.24, 2.45) is 0 Å². The number of allylic oxidation sites excluding steroid dienone is 1. The van der Waals surface area contributed by atoms with Crippen LogP contribution in [0.15, 0.2) is 89.4 Å². The maximum absolute atomic E-state index is 11.5. The summed E-state index contributed by atoms with van der Waals surface area (Å²) in [5.74, 6) is 1.34. The van der Waals surface area contributed by atoms with E-state index in [0.29, 0.717) is 23.8 Å². The number of hydrogen-bond donors (Lipinski definition) is 2. The van der Waals surface area contributed by atoms with Gasteiger partial charge in [0, 0.05) is 18.5 Å². The van der Waals surface area contributed by atoms with E-state index in [9.17, 15) is 15.0 Å². The fourth-order valence-electron chi connectivity index (χ4n) is 3.89. The van der Waals surface area contributed by atoms with Gasteiger partial charge in [-0.05, 0) is 54.4 Å². The van der Waals surface area contributed by atoms with Crippen LogP contribution in [0.25, 0.3) is 17.5 Å². The van der Waals surface area contributed by atoms with Gasteiger partial charge in [0.2, 0.25) is 5.89 Å². The molecule has 8 heteroatoms. The lowest BCUT2D eigenvalue weighted by Crippen LogP contribution is -2.42. The Hall–Kier alpha value is -4.40. The quantitative estimate of drug-likeness (QED) is 0.250. The van der Waals surface area contributed by atoms with Gasteiger partial charge in [-0.3, -0.25) is 4.79 Å². The summed E-state index contributed by atoms with van der Waals surface area (Å²) in [5, 5.41) is 20.0. The molecule has 8 nitrogen and oxygen atoms in total. The third-order valence-electron chi connectivity index (χ3n) is 5.82. The number of oxazole rings is 1. The van der Waals surface area contributed by atoms with Gasteiger partial charge in [-0.25, -0.2) is 9.88 Å². The third kappa shape index (κ3) is 7.32. The summed E-state index contributed by atoms with van der Waals surface area (Å²) in [4.78, 5) is 17.4. The minimum Gasteiger partial charge on any atom is -0.497 e. The van der Waals surface area contributed by atoms with Gasteiger partial charge in [0.1, 0.15) is 23.8 Å². The van der Waals surface area contributed by atoms with E-state index in [1.165, 1.54) is 4.90 Å². The molecule has 196 valence electrons. The molecule has 2 N–H and O–H groups in total. The molecule has 1 heterocycles. The molecule has 0 aliphatic rings. The van der Waals surface area contributed by atoms with Crippen LogP contribution < -0.4 is 9.47 Å². The number of aliphatic carboxylic acids is 1. The molecule has 1 atom stereocenters. The van der Waals surface area contributed by atoms with Crippen LogP contribution >= 0.6 is 0 Å². The van der Waals surface area contributed by atoms with Crippen molar-refractivity contribution in [3.05, 3.63) is 108 Å². The Kier molecular flexibility index (Phi) is 8.92. The molecule has 3 aromatic carbocycles. The number of aryl methyl sites for hydroxylation is 1. The highest BCUT2D eigenvalue weighted by Crippen LogP contribution is 2.22. The molecule has 0 fully saturated rings. The number of aliphatic hydroxyl groups is 1. The van der Waals surface area contributed by atoms with Crippen molar-refractivity contribution in [1.82, 2.24) is 9.88 Å². The van der Waals surface area contributed by atoms with Crippen LogP contribution in [0.3, 0.4) is 0 Å². The number of nitrogens with zero attached hydrogens (tertiary/aromatic N) is 2. The summed E-state index contributed by atoms with van der Waals surface area (Å²) >= 11 is 0. The summed E-state index contributed by atoms with van der Waals surface area (Å²) in [6.07, 6.45) is 3.14. The SMILES string of the molecule is COc1ccc(OC(O)N(CC(=O)O)Cc2cccc(/C=C\Cc3nc(-c4ccccc4)oc3C)c2)cc1. The third-order valence-corrected chi connectivity index (χ3v) is 5.82. The summed E-state index contributed by atoms with van der Waals surface area (Å²) in [6.45, 7) is 1.68. The van der Waals surface area contributed by atoms with E-state index in [2.05, 4.69) is 4.98 Å². The lowest BCUT2D eigenvalue weighted by molar-refractivity contribution is -0.161. The maximum Gasteiger partial charge on any atom is 0.317 e. The lowest BCUT2D eigenvalue weighted by Gasteiger charge is -2.26. The first-order chi connectivity index (χ1) is 18.4. The summed E-state index contributed by atoms with van der Waals surface area (Å²) in [5.41, 5.74) is 3.56. The van der Waals surface area contributed by atoms with Crippen molar-refractivity contribution in [2.45, 2.75) is 26.3 Å². The van der Waals surface area contributed by atoms with Crippen molar-refractivity contribution in [3.63, 3.8) is 0 Å². The maximum atomic E-state index is 11.5. The average molecular weight is 515 g/mol. The number of hydrogen-bond acceptors (Lipinski definition) is 7. The summed E-state index contributed by atoms with van der Waals surface area (Å²) in [6, 6.07) is 24.1. The standard InChI is InChI=1S/C30H30N2O6/c1-21-27(31-29(37-21)24-11-4-3-5-12-24)13-7-9-22-8-6-10-23(18-22)19-32(20-28(33)34)30(35)38-26-16-14-25(36-2)15-17-26/h3-12,14-18,30,35H,13,19-20H2,1-2H3,(H,33,34)/b9-7-. The van der Waals surface area contributed by atoms with Crippen LogP contribution in [0.2, 0.25) is 0 Å². The highest BCUT2D eigenvalue weighted by atomic mass is 16.6. The molecule has 0 aliphatic heterocycles. The number of carbonyl (C=O) groups is 1. The number of aromatic nitrogens is 1. The molecule has 1 unspecified atom stereocenters. The van der Waals surface area contributed by atoms with E-state index in [4.69, 9.17) is 13.9 Å². The Morgan fingerprint density at radius 3 is 2.50 bits per heavy atom. The Morgan fingerprint density at radius 2 is 1.79 bits per heavy atom. The molecular formula is C30H30N2O6. The van der Waals surface area contributed by atoms with Gasteiger partial charge in [0.15, 0.2) is 0 Å². The topological polar surface area (TPSA) is 105 Å². The summed E-state index contributed by atoms with van der Waals surface area (Å²) in [7, 11) is 1.56. The predicted molar refractivity (Wildman–Crippen MR) is 144 cm³/mol. The zero-order valence-corrected chi connectivity index (χ0v) is 21.3. The number of aliphatic hydroxyl groups excluding tert-OH is 1. The van der Waals surface area contributed by atoms with Gasteiger partial charge >= 0.3 is 5.97 Å². The fourth-order valence-corrected chi connectivity index (χ4v) is 3.89. The van der Waals surface area contributed by atoms with E-state index in [1.807, 2.05) is 73.7 Å². The molecule has 0 aliphatic carbocycles. The molecule has 0 amide bonds. The monoisotopic (exact) mass is 514 g/mol. The molecule has 38 heavy (non-hydrogen) atoms. The number of benzene rings is 3. The van der Waals surface area contributed by atoms with Crippen molar-refractivity contribution < 1.29 is 28.9 Å². The van der Waals surface area contributed by atoms with Crippen molar-refractivity contribution in [2.75, 3.05) is 13.7 Å². The largest absolute Gasteiger partial charge is 0.497 e. The second kappa shape index (κ2) is 12.7. The van der Waals surface area contributed by atoms with E-state index in [0.717, 1.165) is 28.1 Å². The van der Waals surface area contributed by atoms with Crippen molar-refractivity contribution in [3.8, 4) is 23.0 Å². The van der Waals surface area contributed by atoms with Gasteiger partial charge in [-0.1, -0.05) is 54.6 Å². The molecule has 4 aromatic rings. The van der Waals surface area contributed by atoms with Crippen LogP contribution in [0, 0.1) is 6.92 Å². The number of ether oxygens (including phenoxy) is 2. The molecular weight excluding hydrogens is 484 g/mol. The first-order valence-electron chi connectivity index (χ1n) is 12.1. The number of methoxy groups -OCH3 is 1. The van der Waals surface area contributed by atoms with Gasteiger partial charge < -0.3 is 24.1 Å². The Bertz CT molecular complexity index is 1370. The van der Waals surface area contributed by atoms with Gasteiger partial charge in [-0.2, -0.15) is 0 Å². The zero-order chi connectivity index (χ0) is 26.9. The second-order valence-electron chi connectivity index (χ2n) is 8.66. The van der Waals surface area contributed by atoms with Gasteiger partial charge in [-0.15, -0.1) is 0 Å². The molecule has 0 spiro atoms. The molecule has 1 aromatic heterocycles. The molecule has 0 bridgehead atoms. The average Bonchev–Trinajstić information content (AvgIpc) is 3.29. The predicted octanol–water partition coefficient (Wildman–Crippen LogP) is 5.16. The molecule has 0 saturated carbocycles. The highest BCUT2D eigenvalue weighted by Gasteiger charge is 2.21. The smallest absolute Gasteiger partial charge is 0.317 e. The summed E-state index contributed by atoms with van der Waals surface area (Å²) < 4.78 is 16.5. The lowest BCUT2D eigenvalue weighted by atomic mass is 10.1.